The first-order chi connectivity index (χ1) is 15.5. The van der Waals surface area contributed by atoms with Crippen LogP contribution in [-0.4, -0.2) is 58.4 Å². The molecule has 0 aliphatic carbocycles. The van der Waals surface area contributed by atoms with E-state index in [-0.39, 0.29) is 23.2 Å². The fourth-order valence-corrected chi connectivity index (χ4v) is 4.88. The molecule has 7 nitrogen and oxygen atoms in total. The van der Waals surface area contributed by atoms with E-state index < -0.39 is 0 Å². The molecule has 0 bridgehead atoms. The summed E-state index contributed by atoms with van der Waals surface area (Å²) in [7, 11) is 0. The van der Waals surface area contributed by atoms with Crippen molar-refractivity contribution in [3.05, 3.63) is 70.3 Å². The third-order valence-corrected chi connectivity index (χ3v) is 6.41. The van der Waals surface area contributed by atoms with Crippen LogP contribution in [0.3, 0.4) is 0 Å². The fourth-order valence-electron chi connectivity index (χ4n) is 4.88. The first kappa shape index (κ1) is 20.8. The Bertz CT molecular complexity index is 1210. The number of nitrogens with zero attached hydrogens (tertiary/aromatic N) is 3. The van der Waals surface area contributed by atoms with Crippen molar-refractivity contribution in [3.63, 3.8) is 0 Å². The minimum absolute atomic E-state index is 0.0155. The molecule has 2 aromatic carbocycles. The van der Waals surface area contributed by atoms with Crippen molar-refractivity contribution in [2.75, 3.05) is 26.3 Å². The highest BCUT2D eigenvalue weighted by Crippen LogP contribution is 2.32. The third kappa shape index (κ3) is 3.72. The van der Waals surface area contributed by atoms with Crippen LogP contribution in [0.1, 0.15) is 35.9 Å². The van der Waals surface area contributed by atoms with Gasteiger partial charge < -0.3 is 14.4 Å². The molecule has 2 saturated heterocycles. The molecule has 1 unspecified atom stereocenters. The number of aryl methyl sites for hydroxylation is 1. The van der Waals surface area contributed by atoms with Gasteiger partial charge in [-0.15, -0.1) is 0 Å². The third-order valence-electron chi connectivity index (χ3n) is 6.41. The molecule has 2 aliphatic rings. The smallest absolute Gasteiger partial charge is 0.265 e. The van der Waals surface area contributed by atoms with Crippen LogP contribution in [0.25, 0.3) is 16.6 Å². The second-order valence-corrected chi connectivity index (χ2v) is 8.77. The number of carbonyl (C=O) groups is 1. The Morgan fingerprint density at radius 2 is 1.81 bits per heavy atom. The maximum absolute atomic E-state index is 13.3. The lowest BCUT2D eigenvalue weighted by atomic mass is 9.91. The molecule has 2 aliphatic heterocycles. The van der Waals surface area contributed by atoms with Crippen LogP contribution in [0.2, 0.25) is 0 Å². The number of carbonyl (C=O) groups excluding carboxylic acids is 1. The molecule has 1 amide bonds. The quantitative estimate of drug-likeness (QED) is 0.621. The van der Waals surface area contributed by atoms with Crippen LogP contribution in [-0.2, 0) is 9.47 Å². The van der Waals surface area contributed by atoms with Crippen molar-refractivity contribution in [2.24, 2.45) is 0 Å². The Labute approximate surface area is 186 Å². The molecule has 1 atom stereocenters. The normalized spacial score (nSPS) is 20.6. The summed E-state index contributed by atoms with van der Waals surface area (Å²) in [6.07, 6.45) is 1.59. The SMILES string of the molecule is Cc1nc2ccccc2c(=O)n1-c1ccc(C(=O)N2CC(C)OC3(CCOCC3)C2)cc1. The molecule has 3 heterocycles. The highest BCUT2D eigenvalue weighted by molar-refractivity contribution is 5.94. The van der Waals surface area contributed by atoms with Gasteiger partial charge in [0.05, 0.1) is 34.8 Å². The van der Waals surface area contributed by atoms with E-state index in [0.29, 0.717) is 54.3 Å². The fraction of sp³-hybridized carbons (Fsp3) is 0.400. The van der Waals surface area contributed by atoms with Gasteiger partial charge in [0.1, 0.15) is 5.82 Å². The largest absolute Gasteiger partial charge is 0.381 e. The number of ether oxygens (including phenoxy) is 2. The molecule has 166 valence electrons. The molecule has 3 aromatic rings. The van der Waals surface area contributed by atoms with Gasteiger partial charge in [-0.05, 0) is 50.2 Å². The Morgan fingerprint density at radius 1 is 1.09 bits per heavy atom. The number of benzene rings is 2. The molecule has 2 fully saturated rings. The predicted octanol–water partition coefficient (Wildman–Crippen LogP) is 3.10. The van der Waals surface area contributed by atoms with Gasteiger partial charge in [0, 0.05) is 38.2 Å². The van der Waals surface area contributed by atoms with Crippen molar-refractivity contribution >= 4 is 16.8 Å². The first-order valence-corrected chi connectivity index (χ1v) is 11.1. The highest BCUT2D eigenvalue weighted by Gasteiger charge is 2.42. The topological polar surface area (TPSA) is 73.7 Å². The summed E-state index contributed by atoms with van der Waals surface area (Å²) < 4.78 is 13.3. The van der Waals surface area contributed by atoms with Gasteiger partial charge in [-0.3, -0.25) is 14.2 Å². The van der Waals surface area contributed by atoms with Crippen molar-refractivity contribution in [1.82, 2.24) is 14.5 Å². The standard InChI is InChI=1S/C25H27N3O4/c1-17-15-27(16-25(32-17)11-13-31-14-12-25)23(29)19-7-9-20(10-8-19)28-18(2)26-22-6-4-3-5-21(22)24(28)30/h3-10,17H,11-16H2,1-2H3. The molecule has 32 heavy (non-hydrogen) atoms. The van der Waals surface area contributed by atoms with Crippen LogP contribution in [0.15, 0.2) is 53.3 Å². The minimum atomic E-state index is -0.313. The molecule has 1 aromatic heterocycles. The zero-order valence-corrected chi connectivity index (χ0v) is 18.4. The van der Waals surface area contributed by atoms with E-state index in [9.17, 15) is 9.59 Å². The first-order valence-electron chi connectivity index (χ1n) is 11.1. The number of hydrogen-bond acceptors (Lipinski definition) is 5. The lowest BCUT2D eigenvalue weighted by Crippen LogP contribution is -2.58. The number of fused-ring (bicyclic) bond motifs is 1. The van der Waals surface area contributed by atoms with E-state index in [1.54, 1.807) is 22.8 Å². The lowest BCUT2D eigenvalue weighted by Gasteiger charge is -2.47. The summed E-state index contributed by atoms with van der Waals surface area (Å²) in [5.74, 6) is 0.592. The predicted molar refractivity (Wildman–Crippen MR) is 121 cm³/mol. The van der Waals surface area contributed by atoms with E-state index in [2.05, 4.69) is 4.98 Å². The second-order valence-electron chi connectivity index (χ2n) is 8.77. The number of rotatable bonds is 2. The molecule has 1 spiro atoms. The van der Waals surface area contributed by atoms with Gasteiger partial charge in [0.25, 0.3) is 11.5 Å². The average Bonchev–Trinajstić information content (AvgIpc) is 2.79. The summed E-state index contributed by atoms with van der Waals surface area (Å²) in [5.41, 5.74) is 1.55. The maximum Gasteiger partial charge on any atom is 0.265 e. The summed E-state index contributed by atoms with van der Waals surface area (Å²) >= 11 is 0. The molecular formula is C25H27N3O4. The molecule has 0 N–H and O–H groups in total. The summed E-state index contributed by atoms with van der Waals surface area (Å²) in [6.45, 7) is 6.30. The molecular weight excluding hydrogens is 406 g/mol. The number of hydrogen-bond donors (Lipinski definition) is 0. The lowest BCUT2D eigenvalue weighted by molar-refractivity contribution is -0.176. The average molecular weight is 434 g/mol. The van der Waals surface area contributed by atoms with Crippen LogP contribution < -0.4 is 5.56 Å². The van der Waals surface area contributed by atoms with Gasteiger partial charge in [-0.2, -0.15) is 0 Å². The van der Waals surface area contributed by atoms with Crippen LogP contribution in [0, 0.1) is 6.92 Å². The van der Waals surface area contributed by atoms with Crippen LogP contribution in [0.5, 0.6) is 0 Å². The highest BCUT2D eigenvalue weighted by atomic mass is 16.5. The second kappa shape index (κ2) is 8.15. The van der Waals surface area contributed by atoms with Gasteiger partial charge in [-0.1, -0.05) is 12.1 Å². The molecule has 0 saturated carbocycles. The maximum atomic E-state index is 13.3. The van der Waals surface area contributed by atoms with Crippen molar-refractivity contribution in [3.8, 4) is 5.69 Å². The van der Waals surface area contributed by atoms with Crippen LogP contribution in [0.4, 0.5) is 0 Å². The van der Waals surface area contributed by atoms with Crippen molar-refractivity contribution in [1.29, 1.82) is 0 Å². The summed E-state index contributed by atoms with van der Waals surface area (Å²) in [5, 5.41) is 0.572. The van der Waals surface area contributed by atoms with E-state index in [1.807, 2.05) is 49.1 Å². The van der Waals surface area contributed by atoms with E-state index in [4.69, 9.17) is 9.47 Å². The van der Waals surface area contributed by atoms with Crippen LogP contribution >= 0.6 is 0 Å². The Kier molecular flexibility index (Phi) is 5.31. The Hall–Kier alpha value is -3.03. The number of morpholine rings is 1. The van der Waals surface area contributed by atoms with E-state index >= 15 is 0 Å². The zero-order valence-electron chi connectivity index (χ0n) is 18.4. The monoisotopic (exact) mass is 433 g/mol. The number of para-hydroxylation sites is 1. The number of amides is 1. The van der Waals surface area contributed by atoms with E-state index in [0.717, 1.165) is 12.8 Å². The molecule has 7 heteroatoms. The van der Waals surface area contributed by atoms with Gasteiger partial charge in [-0.25, -0.2) is 4.98 Å². The Morgan fingerprint density at radius 3 is 2.56 bits per heavy atom. The van der Waals surface area contributed by atoms with E-state index in [1.165, 1.54) is 0 Å². The van der Waals surface area contributed by atoms with Crippen molar-refractivity contribution < 1.29 is 14.3 Å². The minimum Gasteiger partial charge on any atom is -0.381 e. The zero-order chi connectivity index (χ0) is 22.3. The molecule has 0 radical (unpaired) electrons. The van der Waals surface area contributed by atoms with Gasteiger partial charge in [0.15, 0.2) is 0 Å². The van der Waals surface area contributed by atoms with Gasteiger partial charge in [0.2, 0.25) is 0 Å². The summed E-state index contributed by atoms with van der Waals surface area (Å²) in [4.78, 5) is 32.8. The number of aromatic nitrogens is 2. The van der Waals surface area contributed by atoms with Gasteiger partial charge >= 0.3 is 0 Å². The Balaban J connectivity index is 1.42. The van der Waals surface area contributed by atoms with Crippen molar-refractivity contribution in [2.45, 2.75) is 38.4 Å². The summed E-state index contributed by atoms with van der Waals surface area (Å²) in [6, 6.07) is 14.5. The molecule has 5 rings (SSSR count).